The van der Waals surface area contributed by atoms with E-state index in [0.29, 0.717) is 28.2 Å². The van der Waals surface area contributed by atoms with Crippen LogP contribution in [0.5, 0.6) is 11.5 Å². The van der Waals surface area contributed by atoms with Gasteiger partial charge in [0.2, 0.25) is 0 Å². The summed E-state index contributed by atoms with van der Waals surface area (Å²) >= 11 is 0. The van der Waals surface area contributed by atoms with Gasteiger partial charge in [0.25, 0.3) is 0 Å². The van der Waals surface area contributed by atoms with E-state index in [-0.39, 0.29) is 17.8 Å². The van der Waals surface area contributed by atoms with Gasteiger partial charge in [-0.15, -0.1) is 0 Å². The average molecular weight is 402 g/mol. The molecule has 3 rings (SSSR count). The molecule has 0 aromatic heterocycles. The van der Waals surface area contributed by atoms with Crippen LogP contribution in [0.2, 0.25) is 0 Å². The van der Waals surface area contributed by atoms with Gasteiger partial charge in [0.15, 0.2) is 12.4 Å². The van der Waals surface area contributed by atoms with Gasteiger partial charge in [-0.1, -0.05) is 63.2 Å². The first kappa shape index (κ1) is 21.3. The van der Waals surface area contributed by atoms with Crippen molar-refractivity contribution < 1.29 is 19.1 Å². The van der Waals surface area contributed by atoms with E-state index in [9.17, 15) is 9.59 Å². The fourth-order valence-electron chi connectivity index (χ4n) is 3.01. The number of carbonyl (C=O) groups excluding carboxylic acids is 2. The van der Waals surface area contributed by atoms with E-state index in [4.69, 9.17) is 9.47 Å². The molecule has 0 saturated carbocycles. The molecule has 0 aliphatic heterocycles. The lowest BCUT2D eigenvalue weighted by Crippen LogP contribution is -2.18. The number of ether oxygens (including phenoxy) is 2. The molecule has 0 bridgehead atoms. The lowest BCUT2D eigenvalue weighted by Gasteiger charge is -2.19. The monoisotopic (exact) mass is 402 g/mol. The van der Waals surface area contributed by atoms with E-state index in [1.54, 1.807) is 37.3 Å². The number of aryl methyl sites for hydroxylation is 1. The van der Waals surface area contributed by atoms with Crippen LogP contribution in [0.4, 0.5) is 0 Å². The van der Waals surface area contributed by atoms with E-state index in [2.05, 4.69) is 20.8 Å². The molecule has 154 valence electrons. The zero-order valence-electron chi connectivity index (χ0n) is 17.8. The molecular formula is C26H26O4. The third-order valence-electron chi connectivity index (χ3n) is 4.77. The topological polar surface area (TPSA) is 52.6 Å². The standard InChI is InChI=1S/C26H26O4/c1-18-16-20(25(28)19-8-6-5-7-9-19)10-15-23(18)30-24(27)17-29-22-13-11-21(12-14-22)26(2,3)4/h5-16H,17H2,1-4H3. The van der Waals surface area contributed by atoms with E-state index < -0.39 is 5.97 Å². The predicted octanol–water partition coefficient (Wildman–Crippen LogP) is 5.51. The first-order valence-electron chi connectivity index (χ1n) is 9.88. The van der Waals surface area contributed by atoms with Crippen molar-refractivity contribution in [3.63, 3.8) is 0 Å². The second-order valence-corrected chi connectivity index (χ2v) is 8.21. The second-order valence-electron chi connectivity index (χ2n) is 8.21. The molecule has 4 nitrogen and oxygen atoms in total. The highest BCUT2D eigenvalue weighted by atomic mass is 16.6. The summed E-state index contributed by atoms with van der Waals surface area (Å²) in [7, 11) is 0. The summed E-state index contributed by atoms with van der Waals surface area (Å²) in [5.41, 5.74) is 3.13. The summed E-state index contributed by atoms with van der Waals surface area (Å²) < 4.78 is 10.9. The molecule has 0 atom stereocenters. The number of benzene rings is 3. The van der Waals surface area contributed by atoms with Gasteiger partial charge in [-0.25, -0.2) is 4.79 Å². The van der Waals surface area contributed by atoms with Gasteiger partial charge in [0.05, 0.1) is 0 Å². The lowest BCUT2D eigenvalue weighted by molar-refractivity contribution is -0.136. The number of rotatable bonds is 6. The summed E-state index contributed by atoms with van der Waals surface area (Å²) in [6.07, 6.45) is 0. The van der Waals surface area contributed by atoms with Gasteiger partial charge >= 0.3 is 5.97 Å². The molecule has 0 heterocycles. The zero-order chi connectivity index (χ0) is 21.7. The summed E-state index contributed by atoms with van der Waals surface area (Å²) in [5, 5.41) is 0. The third kappa shape index (κ3) is 5.35. The van der Waals surface area contributed by atoms with Gasteiger partial charge in [0.1, 0.15) is 11.5 Å². The van der Waals surface area contributed by atoms with E-state index in [0.717, 1.165) is 0 Å². The second kappa shape index (κ2) is 8.95. The largest absolute Gasteiger partial charge is 0.482 e. The highest BCUT2D eigenvalue weighted by Crippen LogP contribution is 2.25. The van der Waals surface area contributed by atoms with Crippen molar-refractivity contribution in [3.05, 3.63) is 95.1 Å². The summed E-state index contributed by atoms with van der Waals surface area (Å²) in [4.78, 5) is 24.7. The molecule has 3 aromatic carbocycles. The molecule has 0 amide bonds. The Morgan fingerprint density at radius 1 is 0.833 bits per heavy atom. The molecule has 0 fully saturated rings. The molecule has 0 radical (unpaired) electrons. The van der Waals surface area contributed by atoms with Crippen LogP contribution in [0.3, 0.4) is 0 Å². The smallest absolute Gasteiger partial charge is 0.349 e. The molecule has 3 aromatic rings. The fraction of sp³-hybridized carbons (Fsp3) is 0.231. The van der Waals surface area contributed by atoms with Crippen LogP contribution >= 0.6 is 0 Å². The molecular weight excluding hydrogens is 376 g/mol. The highest BCUT2D eigenvalue weighted by molar-refractivity contribution is 6.09. The van der Waals surface area contributed by atoms with Crippen molar-refractivity contribution >= 4 is 11.8 Å². The Kier molecular flexibility index (Phi) is 6.36. The van der Waals surface area contributed by atoms with Crippen molar-refractivity contribution in [3.8, 4) is 11.5 Å². The van der Waals surface area contributed by atoms with Crippen LogP contribution in [0.1, 0.15) is 47.8 Å². The number of carbonyl (C=O) groups is 2. The number of esters is 1. The molecule has 30 heavy (non-hydrogen) atoms. The molecule has 0 unspecified atom stereocenters. The maximum absolute atomic E-state index is 12.5. The maximum atomic E-state index is 12.5. The van der Waals surface area contributed by atoms with Crippen LogP contribution in [0, 0.1) is 6.92 Å². The summed E-state index contributed by atoms with van der Waals surface area (Å²) in [6.45, 7) is 8.03. The van der Waals surface area contributed by atoms with Crippen molar-refractivity contribution in [1.82, 2.24) is 0 Å². The Morgan fingerprint density at radius 2 is 1.50 bits per heavy atom. The Labute approximate surface area is 177 Å². The van der Waals surface area contributed by atoms with Crippen molar-refractivity contribution in [2.45, 2.75) is 33.1 Å². The lowest BCUT2D eigenvalue weighted by atomic mass is 9.87. The van der Waals surface area contributed by atoms with Crippen molar-refractivity contribution in [1.29, 1.82) is 0 Å². The van der Waals surface area contributed by atoms with Gasteiger partial charge in [-0.05, 0) is 53.8 Å². The molecule has 0 aliphatic rings. The Hall–Kier alpha value is -3.40. The minimum atomic E-state index is -0.500. The minimum Gasteiger partial charge on any atom is -0.482 e. The van der Waals surface area contributed by atoms with Crippen LogP contribution in [0.15, 0.2) is 72.8 Å². The average Bonchev–Trinajstić information content (AvgIpc) is 2.73. The van der Waals surface area contributed by atoms with Gasteiger partial charge in [-0.2, -0.15) is 0 Å². The number of ketones is 1. The Balaban J connectivity index is 1.59. The predicted molar refractivity (Wildman–Crippen MR) is 117 cm³/mol. The van der Waals surface area contributed by atoms with E-state index in [1.807, 2.05) is 42.5 Å². The minimum absolute atomic E-state index is 0.0586. The molecule has 4 heteroatoms. The first-order valence-corrected chi connectivity index (χ1v) is 9.88. The number of hydrogen-bond acceptors (Lipinski definition) is 4. The van der Waals surface area contributed by atoms with E-state index >= 15 is 0 Å². The van der Waals surface area contributed by atoms with Crippen molar-refractivity contribution in [2.75, 3.05) is 6.61 Å². The van der Waals surface area contributed by atoms with Crippen LogP contribution in [0.25, 0.3) is 0 Å². The highest BCUT2D eigenvalue weighted by Gasteiger charge is 2.15. The van der Waals surface area contributed by atoms with Crippen LogP contribution < -0.4 is 9.47 Å². The molecule has 0 aliphatic carbocycles. The van der Waals surface area contributed by atoms with Gasteiger partial charge in [-0.3, -0.25) is 4.79 Å². The van der Waals surface area contributed by atoms with Crippen LogP contribution in [-0.2, 0) is 10.2 Å². The summed E-state index contributed by atoms with van der Waals surface area (Å²) in [5.74, 6) is 0.454. The van der Waals surface area contributed by atoms with Gasteiger partial charge < -0.3 is 9.47 Å². The Morgan fingerprint density at radius 3 is 2.10 bits per heavy atom. The van der Waals surface area contributed by atoms with Gasteiger partial charge in [0, 0.05) is 11.1 Å². The first-order chi connectivity index (χ1) is 14.2. The summed E-state index contributed by atoms with van der Waals surface area (Å²) in [6, 6.07) is 21.8. The quantitative estimate of drug-likeness (QED) is 0.310. The molecule has 0 spiro atoms. The molecule has 0 saturated heterocycles. The fourth-order valence-corrected chi connectivity index (χ4v) is 3.01. The SMILES string of the molecule is Cc1cc(C(=O)c2ccccc2)ccc1OC(=O)COc1ccc(C(C)(C)C)cc1. The van der Waals surface area contributed by atoms with Crippen LogP contribution in [-0.4, -0.2) is 18.4 Å². The zero-order valence-corrected chi connectivity index (χ0v) is 17.8. The molecule has 0 N–H and O–H groups in total. The normalized spacial score (nSPS) is 11.1. The Bertz CT molecular complexity index is 1030. The van der Waals surface area contributed by atoms with Crippen molar-refractivity contribution in [2.24, 2.45) is 0 Å². The van der Waals surface area contributed by atoms with E-state index in [1.165, 1.54) is 5.56 Å². The maximum Gasteiger partial charge on any atom is 0.349 e. The third-order valence-corrected chi connectivity index (χ3v) is 4.77. The number of hydrogen-bond donors (Lipinski definition) is 0.